The normalized spacial score (nSPS) is 25.5. The van der Waals surface area contributed by atoms with E-state index in [2.05, 4.69) is 24.3 Å². The zero-order valence-corrected chi connectivity index (χ0v) is 13.6. The first kappa shape index (κ1) is 16.0. The summed E-state index contributed by atoms with van der Waals surface area (Å²) in [6.07, 6.45) is 7.85. The number of nitrogens with zero attached hydrogens (tertiary/aromatic N) is 2. The summed E-state index contributed by atoms with van der Waals surface area (Å²) in [6.45, 7) is 7.04. The summed E-state index contributed by atoms with van der Waals surface area (Å²) < 4.78 is 7.06. The first-order valence-electron chi connectivity index (χ1n) is 7.83. The number of ether oxygens (including phenoxy) is 1. The lowest BCUT2D eigenvalue weighted by Gasteiger charge is -2.35. The smallest absolute Gasteiger partial charge is 0.326 e. The number of carbonyl (C=O) groups is 1. The molecule has 1 aromatic rings. The van der Waals surface area contributed by atoms with E-state index in [0.29, 0.717) is 5.92 Å². The molecule has 1 saturated carbocycles. The van der Waals surface area contributed by atoms with Crippen LogP contribution in [-0.4, -0.2) is 34.4 Å². The van der Waals surface area contributed by atoms with Gasteiger partial charge in [0.2, 0.25) is 0 Å². The van der Waals surface area contributed by atoms with E-state index in [1.807, 2.05) is 24.0 Å². The van der Waals surface area contributed by atoms with Crippen LogP contribution in [0.3, 0.4) is 0 Å². The average molecular weight is 293 g/mol. The van der Waals surface area contributed by atoms with Gasteiger partial charge in [-0.2, -0.15) is 5.10 Å². The van der Waals surface area contributed by atoms with Gasteiger partial charge in [0.05, 0.1) is 13.3 Å². The third-order valence-corrected chi connectivity index (χ3v) is 4.39. The Morgan fingerprint density at radius 2 is 2.38 bits per heavy atom. The number of rotatable bonds is 6. The highest BCUT2D eigenvalue weighted by Crippen LogP contribution is 2.39. The summed E-state index contributed by atoms with van der Waals surface area (Å²) >= 11 is 0. The molecule has 5 nitrogen and oxygen atoms in total. The molecule has 1 aliphatic rings. The van der Waals surface area contributed by atoms with Crippen LogP contribution in [0.4, 0.5) is 0 Å². The molecule has 2 atom stereocenters. The van der Waals surface area contributed by atoms with Crippen molar-refractivity contribution in [2.75, 3.05) is 7.11 Å². The number of hydrogen-bond acceptors (Lipinski definition) is 4. The van der Waals surface area contributed by atoms with Crippen molar-refractivity contribution in [1.82, 2.24) is 15.1 Å². The fourth-order valence-electron chi connectivity index (χ4n) is 3.56. The number of aryl methyl sites for hydroxylation is 2. The summed E-state index contributed by atoms with van der Waals surface area (Å²) in [5.41, 5.74) is 0.645. The highest BCUT2D eigenvalue weighted by Gasteiger charge is 2.49. The minimum Gasteiger partial charge on any atom is -0.468 e. The molecule has 0 aliphatic heterocycles. The maximum Gasteiger partial charge on any atom is 0.326 e. The number of esters is 1. The van der Waals surface area contributed by atoms with Gasteiger partial charge in [-0.25, -0.2) is 0 Å². The molecule has 1 heterocycles. The number of nitrogens with one attached hydrogen (secondary N) is 1. The van der Waals surface area contributed by atoms with Gasteiger partial charge in [0.15, 0.2) is 0 Å². The SMILES string of the molecule is COC(=O)C1(NC(C)C)CCCC1CCn1cc(C)cn1. The molecule has 0 spiro atoms. The summed E-state index contributed by atoms with van der Waals surface area (Å²) in [5, 5.41) is 7.82. The van der Waals surface area contributed by atoms with Gasteiger partial charge in [0.25, 0.3) is 0 Å². The maximum atomic E-state index is 12.4. The van der Waals surface area contributed by atoms with Crippen molar-refractivity contribution < 1.29 is 9.53 Å². The molecule has 1 N–H and O–H groups in total. The summed E-state index contributed by atoms with van der Waals surface area (Å²) in [7, 11) is 1.48. The van der Waals surface area contributed by atoms with Crippen LogP contribution in [0.25, 0.3) is 0 Å². The summed E-state index contributed by atoms with van der Waals surface area (Å²) in [4.78, 5) is 12.4. The minimum absolute atomic E-state index is 0.115. The first-order valence-corrected chi connectivity index (χ1v) is 7.83. The molecule has 2 unspecified atom stereocenters. The standard InChI is InChI=1S/C16H27N3O2/c1-12(2)18-16(15(20)21-4)8-5-6-14(16)7-9-19-11-13(3)10-17-19/h10-12,14,18H,5-9H2,1-4H3. The van der Waals surface area contributed by atoms with Crippen molar-refractivity contribution in [3.8, 4) is 0 Å². The molecule has 0 amide bonds. The Bertz CT molecular complexity index is 484. The molecule has 1 fully saturated rings. The molecular formula is C16H27N3O2. The van der Waals surface area contributed by atoms with Crippen LogP contribution < -0.4 is 5.32 Å². The van der Waals surface area contributed by atoms with E-state index < -0.39 is 5.54 Å². The first-order chi connectivity index (χ1) is 9.98. The van der Waals surface area contributed by atoms with Gasteiger partial charge in [-0.1, -0.05) is 6.42 Å². The van der Waals surface area contributed by atoms with E-state index in [9.17, 15) is 4.79 Å². The van der Waals surface area contributed by atoms with Crippen molar-refractivity contribution in [1.29, 1.82) is 0 Å². The zero-order chi connectivity index (χ0) is 15.5. The van der Waals surface area contributed by atoms with Crippen molar-refractivity contribution in [2.24, 2.45) is 5.92 Å². The second-order valence-corrected chi connectivity index (χ2v) is 6.42. The lowest BCUT2D eigenvalue weighted by molar-refractivity contribution is -0.151. The van der Waals surface area contributed by atoms with Crippen molar-refractivity contribution in [2.45, 2.75) is 64.6 Å². The third-order valence-electron chi connectivity index (χ3n) is 4.39. The monoisotopic (exact) mass is 293 g/mol. The molecule has 21 heavy (non-hydrogen) atoms. The van der Waals surface area contributed by atoms with Gasteiger partial charge in [-0.05, 0) is 51.5 Å². The van der Waals surface area contributed by atoms with Gasteiger partial charge in [-0.15, -0.1) is 0 Å². The molecule has 5 heteroatoms. The number of hydrogen-bond donors (Lipinski definition) is 1. The second-order valence-electron chi connectivity index (χ2n) is 6.42. The van der Waals surface area contributed by atoms with Gasteiger partial charge in [0, 0.05) is 18.8 Å². The van der Waals surface area contributed by atoms with Crippen molar-refractivity contribution in [3.63, 3.8) is 0 Å². The molecular weight excluding hydrogens is 266 g/mol. The number of carbonyl (C=O) groups excluding carboxylic acids is 1. The Morgan fingerprint density at radius 3 is 2.95 bits per heavy atom. The number of methoxy groups -OCH3 is 1. The van der Waals surface area contributed by atoms with Gasteiger partial charge in [-0.3, -0.25) is 14.8 Å². The predicted molar refractivity (Wildman–Crippen MR) is 81.9 cm³/mol. The number of aromatic nitrogens is 2. The predicted octanol–water partition coefficient (Wildman–Crippen LogP) is 2.29. The lowest BCUT2D eigenvalue weighted by atomic mass is 9.84. The summed E-state index contributed by atoms with van der Waals surface area (Å²) in [6, 6.07) is 0.261. The van der Waals surface area contributed by atoms with E-state index in [4.69, 9.17) is 4.74 Å². The quantitative estimate of drug-likeness (QED) is 0.818. The van der Waals surface area contributed by atoms with Crippen molar-refractivity contribution in [3.05, 3.63) is 18.0 Å². The lowest BCUT2D eigenvalue weighted by Crippen LogP contribution is -2.57. The van der Waals surface area contributed by atoms with E-state index in [1.165, 1.54) is 12.7 Å². The maximum absolute atomic E-state index is 12.4. The Kier molecular flexibility index (Phi) is 5.04. The Hall–Kier alpha value is -1.36. The van der Waals surface area contributed by atoms with Crippen LogP contribution >= 0.6 is 0 Å². The largest absolute Gasteiger partial charge is 0.468 e. The highest BCUT2D eigenvalue weighted by molar-refractivity contribution is 5.81. The molecule has 2 rings (SSSR count). The fourth-order valence-corrected chi connectivity index (χ4v) is 3.56. The van der Waals surface area contributed by atoms with Crippen LogP contribution in [0.5, 0.6) is 0 Å². The molecule has 0 radical (unpaired) electrons. The van der Waals surface area contributed by atoms with E-state index >= 15 is 0 Å². The third kappa shape index (κ3) is 3.46. The van der Waals surface area contributed by atoms with E-state index in [0.717, 1.165) is 32.2 Å². The minimum atomic E-state index is -0.523. The van der Waals surface area contributed by atoms with Crippen LogP contribution in [0.1, 0.15) is 45.1 Å². The van der Waals surface area contributed by atoms with Crippen LogP contribution in [0.15, 0.2) is 12.4 Å². The van der Waals surface area contributed by atoms with Crippen LogP contribution in [-0.2, 0) is 16.1 Å². The van der Waals surface area contributed by atoms with E-state index in [1.54, 1.807) is 0 Å². The molecule has 1 aliphatic carbocycles. The molecule has 0 saturated heterocycles. The van der Waals surface area contributed by atoms with Crippen LogP contribution in [0, 0.1) is 12.8 Å². The van der Waals surface area contributed by atoms with E-state index in [-0.39, 0.29) is 12.0 Å². The topological polar surface area (TPSA) is 56.1 Å². The van der Waals surface area contributed by atoms with Gasteiger partial charge < -0.3 is 4.74 Å². The molecule has 118 valence electrons. The highest BCUT2D eigenvalue weighted by atomic mass is 16.5. The van der Waals surface area contributed by atoms with Crippen molar-refractivity contribution >= 4 is 5.97 Å². The molecule has 0 bridgehead atoms. The molecule has 1 aromatic heterocycles. The molecule has 0 aromatic carbocycles. The summed E-state index contributed by atoms with van der Waals surface area (Å²) in [5.74, 6) is 0.187. The van der Waals surface area contributed by atoms with Gasteiger partial charge >= 0.3 is 5.97 Å². The Balaban J connectivity index is 2.09. The average Bonchev–Trinajstić information content (AvgIpc) is 3.02. The van der Waals surface area contributed by atoms with Gasteiger partial charge in [0.1, 0.15) is 5.54 Å². The Labute approximate surface area is 127 Å². The van der Waals surface area contributed by atoms with Crippen LogP contribution in [0.2, 0.25) is 0 Å². The second kappa shape index (κ2) is 6.60. The fraction of sp³-hybridized carbons (Fsp3) is 0.750. The Morgan fingerprint density at radius 1 is 1.62 bits per heavy atom. The zero-order valence-electron chi connectivity index (χ0n) is 13.6.